The van der Waals surface area contributed by atoms with Gasteiger partial charge in [0, 0.05) is 10.6 Å². The van der Waals surface area contributed by atoms with Crippen LogP contribution in [0.15, 0.2) is 54.6 Å². The minimum Gasteiger partial charge on any atom is -0.462 e. The van der Waals surface area contributed by atoms with E-state index in [1.54, 1.807) is 61.5 Å². The highest BCUT2D eigenvalue weighted by Crippen LogP contribution is 2.41. The van der Waals surface area contributed by atoms with Crippen molar-refractivity contribution in [2.75, 3.05) is 13.2 Å². The number of carbonyl (C=O) groups excluding carboxylic acids is 1. The molecule has 2 heterocycles. The van der Waals surface area contributed by atoms with E-state index in [9.17, 15) is 30.5 Å². The van der Waals surface area contributed by atoms with Crippen LogP contribution < -0.4 is 0 Å². The first-order chi connectivity index (χ1) is 18.2. The lowest BCUT2D eigenvalue weighted by Crippen LogP contribution is -2.56. The molecule has 1 aromatic heterocycles. The van der Waals surface area contributed by atoms with Gasteiger partial charge in [-0.1, -0.05) is 66.3 Å². The summed E-state index contributed by atoms with van der Waals surface area (Å²) in [6.07, 6.45) is -7.80. The maximum atomic E-state index is 13.6. The minimum atomic E-state index is -1.73. The first-order valence-corrected chi connectivity index (χ1v) is 12.5. The highest BCUT2D eigenvalue weighted by Gasteiger charge is 2.46. The summed E-state index contributed by atoms with van der Waals surface area (Å²) < 4.78 is 12.4. The Kier molecular flexibility index (Phi) is 8.60. The molecule has 4 rings (SSSR count). The van der Waals surface area contributed by atoms with Gasteiger partial charge in [0.1, 0.15) is 35.1 Å². The van der Waals surface area contributed by atoms with Crippen molar-refractivity contribution in [3.8, 4) is 28.5 Å². The SMILES string of the molecule is CCOC(=O)c1c(-c2ccc(Cl)cc2)c(C#N)c(=S)n([C@@H]2O[C@@H](CO)[C@@H](O)[C@@H](O)[C@@H]2O)c1-c1ccccc1. The van der Waals surface area contributed by atoms with Crippen LogP contribution in [-0.2, 0) is 9.47 Å². The summed E-state index contributed by atoms with van der Waals surface area (Å²) in [7, 11) is 0. The zero-order chi connectivity index (χ0) is 27.6. The molecule has 0 aliphatic carbocycles. The third-order valence-corrected chi connectivity index (χ3v) is 6.96. The lowest BCUT2D eigenvalue weighted by molar-refractivity contribution is -0.251. The van der Waals surface area contributed by atoms with Crippen molar-refractivity contribution in [3.63, 3.8) is 0 Å². The van der Waals surface area contributed by atoms with Gasteiger partial charge >= 0.3 is 5.97 Å². The van der Waals surface area contributed by atoms with E-state index >= 15 is 0 Å². The average molecular weight is 557 g/mol. The number of carbonyl (C=O) groups is 1. The number of nitriles is 1. The smallest absolute Gasteiger partial charge is 0.340 e. The number of aromatic nitrogens is 1. The third-order valence-electron chi connectivity index (χ3n) is 6.30. The average Bonchev–Trinajstić information content (AvgIpc) is 2.92. The number of esters is 1. The molecule has 9 nitrogen and oxygen atoms in total. The van der Waals surface area contributed by atoms with E-state index < -0.39 is 43.2 Å². The lowest BCUT2D eigenvalue weighted by atomic mass is 9.91. The highest BCUT2D eigenvalue weighted by molar-refractivity contribution is 7.71. The second-order valence-corrected chi connectivity index (χ2v) is 9.40. The quantitative estimate of drug-likeness (QED) is 0.265. The largest absolute Gasteiger partial charge is 0.462 e. The molecule has 0 spiro atoms. The molecule has 1 fully saturated rings. The Morgan fingerprint density at radius 3 is 2.32 bits per heavy atom. The third kappa shape index (κ3) is 4.98. The topological polar surface area (TPSA) is 145 Å². The molecule has 0 bridgehead atoms. The highest BCUT2D eigenvalue weighted by atomic mass is 35.5. The summed E-state index contributed by atoms with van der Waals surface area (Å²) in [4.78, 5) is 13.6. The second-order valence-electron chi connectivity index (χ2n) is 8.57. The second kappa shape index (κ2) is 11.7. The first-order valence-electron chi connectivity index (χ1n) is 11.8. The number of nitrogens with zero attached hydrogens (tertiary/aromatic N) is 2. The number of ether oxygens (including phenoxy) is 2. The van der Waals surface area contributed by atoms with E-state index in [0.29, 0.717) is 16.1 Å². The number of hydrogen-bond acceptors (Lipinski definition) is 9. The molecule has 1 aliphatic heterocycles. The molecule has 5 atom stereocenters. The van der Waals surface area contributed by atoms with E-state index in [1.165, 1.54) is 4.57 Å². The van der Waals surface area contributed by atoms with Crippen LogP contribution in [0.25, 0.3) is 22.4 Å². The number of aliphatic hydroxyl groups is 4. The van der Waals surface area contributed by atoms with E-state index in [2.05, 4.69) is 6.07 Å². The molecule has 11 heteroatoms. The van der Waals surface area contributed by atoms with Crippen LogP contribution in [0.4, 0.5) is 0 Å². The van der Waals surface area contributed by atoms with Gasteiger partial charge in [-0.25, -0.2) is 4.79 Å². The summed E-state index contributed by atoms with van der Waals surface area (Å²) in [5.41, 5.74) is 1.19. The predicted octanol–water partition coefficient (Wildman–Crippen LogP) is 3.23. The van der Waals surface area contributed by atoms with Crippen molar-refractivity contribution in [3.05, 3.63) is 75.4 Å². The van der Waals surface area contributed by atoms with Gasteiger partial charge in [-0.05, 0) is 30.2 Å². The Morgan fingerprint density at radius 2 is 1.74 bits per heavy atom. The molecule has 38 heavy (non-hydrogen) atoms. The molecule has 4 N–H and O–H groups in total. The number of halogens is 1. The molecule has 0 saturated carbocycles. The molecule has 198 valence electrons. The maximum absolute atomic E-state index is 13.6. The predicted molar refractivity (Wildman–Crippen MR) is 141 cm³/mol. The Labute approximate surface area is 228 Å². The zero-order valence-corrected chi connectivity index (χ0v) is 21.8. The molecule has 3 aromatic rings. The Bertz CT molecular complexity index is 1420. The van der Waals surface area contributed by atoms with E-state index in [1.807, 2.05) is 0 Å². The van der Waals surface area contributed by atoms with Crippen LogP contribution in [0.3, 0.4) is 0 Å². The summed E-state index contributed by atoms with van der Waals surface area (Å²) in [6, 6.07) is 17.2. The van der Waals surface area contributed by atoms with E-state index in [0.717, 1.165) is 0 Å². The lowest BCUT2D eigenvalue weighted by Gasteiger charge is -2.42. The van der Waals surface area contributed by atoms with Crippen LogP contribution in [0.5, 0.6) is 0 Å². The monoisotopic (exact) mass is 556 g/mol. The fourth-order valence-corrected chi connectivity index (χ4v) is 4.99. The van der Waals surface area contributed by atoms with Crippen LogP contribution in [0.2, 0.25) is 5.02 Å². The fraction of sp³-hybridized carbons (Fsp3) is 0.296. The minimum absolute atomic E-state index is 0.0255. The first kappa shape index (κ1) is 27.9. The van der Waals surface area contributed by atoms with Gasteiger partial charge in [-0.15, -0.1) is 0 Å². The van der Waals surface area contributed by atoms with Crippen molar-refractivity contribution in [1.29, 1.82) is 5.26 Å². The van der Waals surface area contributed by atoms with Gasteiger partial charge in [0.15, 0.2) is 6.23 Å². The maximum Gasteiger partial charge on any atom is 0.340 e. The van der Waals surface area contributed by atoms with Gasteiger partial charge in [0.2, 0.25) is 0 Å². The molecule has 1 aliphatic rings. The molecule has 1 saturated heterocycles. The van der Waals surface area contributed by atoms with Crippen LogP contribution in [0.1, 0.15) is 29.1 Å². The van der Waals surface area contributed by atoms with Gasteiger partial charge < -0.3 is 34.5 Å². The molecular formula is C27H25ClN2O7S. The molecule has 2 aromatic carbocycles. The summed E-state index contributed by atoms with van der Waals surface area (Å²) in [5, 5.41) is 52.3. The molecule has 0 unspecified atom stereocenters. The number of rotatable bonds is 6. The number of pyridine rings is 1. The van der Waals surface area contributed by atoms with Gasteiger partial charge in [-0.2, -0.15) is 5.26 Å². The van der Waals surface area contributed by atoms with Crippen molar-refractivity contribution >= 4 is 29.8 Å². The molecular weight excluding hydrogens is 532 g/mol. The van der Waals surface area contributed by atoms with Crippen molar-refractivity contribution in [2.45, 2.75) is 37.6 Å². The van der Waals surface area contributed by atoms with Crippen LogP contribution in [0, 0.1) is 16.0 Å². The van der Waals surface area contributed by atoms with Gasteiger partial charge in [0.05, 0.1) is 30.0 Å². The van der Waals surface area contributed by atoms with Crippen molar-refractivity contribution in [2.24, 2.45) is 0 Å². The van der Waals surface area contributed by atoms with E-state index in [4.69, 9.17) is 33.3 Å². The Hall–Kier alpha value is -3.14. The Morgan fingerprint density at radius 1 is 1.08 bits per heavy atom. The number of aliphatic hydroxyl groups excluding tert-OH is 4. The molecule has 0 amide bonds. The standard InChI is InChI=1S/C27H25ClN2O7S/c1-2-36-27(35)20-19(14-8-10-16(28)11-9-14)17(12-29)26(38)30(21(20)15-6-4-3-5-7-15)25-24(34)23(33)22(32)18(13-31)37-25/h3-11,18,22-25,31-34H,2,13H2,1H3/t18-,22+,23+,24-,25+/m0/s1. The molecule has 0 radical (unpaired) electrons. The summed E-state index contributed by atoms with van der Waals surface area (Å²) in [6.45, 7) is 0.999. The van der Waals surface area contributed by atoms with Crippen molar-refractivity contribution < 1.29 is 34.7 Å². The van der Waals surface area contributed by atoms with Crippen molar-refractivity contribution in [1.82, 2.24) is 4.57 Å². The van der Waals surface area contributed by atoms with Crippen LogP contribution in [-0.4, -0.2) is 68.6 Å². The number of hydrogen-bond donors (Lipinski definition) is 4. The normalized spacial score (nSPS) is 23.0. The van der Waals surface area contributed by atoms with Gasteiger partial charge in [0.25, 0.3) is 0 Å². The number of benzene rings is 2. The summed E-state index contributed by atoms with van der Waals surface area (Å²) >= 11 is 11.8. The summed E-state index contributed by atoms with van der Waals surface area (Å²) in [5.74, 6) is -0.763. The van der Waals surface area contributed by atoms with Gasteiger partial charge in [-0.3, -0.25) is 0 Å². The fourth-order valence-electron chi connectivity index (χ4n) is 4.52. The van der Waals surface area contributed by atoms with Crippen LogP contribution >= 0.6 is 23.8 Å². The van der Waals surface area contributed by atoms with E-state index in [-0.39, 0.29) is 33.6 Å². The zero-order valence-electron chi connectivity index (χ0n) is 20.2. The Balaban J connectivity index is 2.17.